The van der Waals surface area contributed by atoms with Gasteiger partial charge in [-0.25, -0.2) is 0 Å². The third-order valence-corrected chi connectivity index (χ3v) is 4.28. The molecular formula is C10H15F2O5P. The molecule has 0 spiro atoms. The molecule has 104 valence electrons. The van der Waals surface area contributed by atoms with Gasteiger partial charge in [-0.05, 0) is 26.0 Å². The van der Waals surface area contributed by atoms with Crippen LogP contribution in [0, 0.1) is 0 Å². The summed E-state index contributed by atoms with van der Waals surface area (Å²) >= 11 is 0. The molecule has 8 heteroatoms. The van der Waals surface area contributed by atoms with Crippen LogP contribution in [0.25, 0.3) is 0 Å². The third-order valence-electron chi connectivity index (χ3n) is 2.10. The van der Waals surface area contributed by atoms with Crippen molar-refractivity contribution in [1.29, 1.82) is 0 Å². The van der Waals surface area contributed by atoms with Crippen LogP contribution >= 0.6 is 7.60 Å². The molecule has 0 saturated carbocycles. The molecule has 0 saturated heterocycles. The van der Waals surface area contributed by atoms with Crippen LogP contribution in [0.4, 0.5) is 8.78 Å². The SMILES string of the molecule is CCOP(=O)(OCC)C(F)(F)C(O)c1ccco1. The molecular weight excluding hydrogens is 269 g/mol. The number of halogens is 2. The molecule has 18 heavy (non-hydrogen) atoms. The van der Waals surface area contributed by atoms with Gasteiger partial charge in [0.1, 0.15) is 5.76 Å². The van der Waals surface area contributed by atoms with E-state index in [9.17, 15) is 18.5 Å². The average molecular weight is 284 g/mol. The molecule has 1 aromatic heterocycles. The highest BCUT2D eigenvalue weighted by molar-refractivity contribution is 7.55. The van der Waals surface area contributed by atoms with E-state index in [-0.39, 0.29) is 13.2 Å². The average Bonchev–Trinajstić information content (AvgIpc) is 2.81. The summed E-state index contributed by atoms with van der Waals surface area (Å²) in [7, 11) is -4.76. The van der Waals surface area contributed by atoms with E-state index >= 15 is 0 Å². The van der Waals surface area contributed by atoms with Crippen molar-refractivity contribution in [2.24, 2.45) is 0 Å². The van der Waals surface area contributed by atoms with E-state index in [1.807, 2.05) is 0 Å². The Morgan fingerprint density at radius 1 is 1.44 bits per heavy atom. The number of alkyl halides is 2. The fourth-order valence-corrected chi connectivity index (χ4v) is 2.84. The molecule has 1 heterocycles. The molecule has 1 rings (SSSR count). The highest BCUT2D eigenvalue weighted by atomic mass is 31.2. The second-order valence-corrected chi connectivity index (χ2v) is 5.45. The lowest BCUT2D eigenvalue weighted by molar-refractivity contribution is -0.0761. The summed E-state index contributed by atoms with van der Waals surface area (Å²) in [6.45, 7) is 2.36. The summed E-state index contributed by atoms with van der Waals surface area (Å²) in [6.07, 6.45) is -1.27. The normalized spacial score (nSPS) is 14.7. The van der Waals surface area contributed by atoms with Crippen molar-refractivity contribution in [3.05, 3.63) is 24.2 Å². The van der Waals surface area contributed by atoms with Gasteiger partial charge in [0.05, 0.1) is 19.5 Å². The van der Waals surface area contributed by atoms with E-state index in [4.69, 9.17) is 0 Å². The minimum absolute atomic E-state index is 0.224. The highest BCUT2D eigenvalue weighted by Gasteiger charge is 2.60. The summed E-state index contributed by atoms with van der Waals surface area (Å²) in [5.74, 6) is -0.403. The number of hydrogen-bond acceptors (Lipinski definition) is 5. The number of hydrogen-bond donors (Lipinski definition) is 1. The zero-order valence-electron chi connectivity index (χ0n) is 10.0. The molecule has 0 amide bonds. The lowest BCUT2D eigenvalue weighted by atomic mass is 10.3. The lowest BCUT2D eigenvalue weighted by Gasteiger charge is -2.28. The summed E-state index contributed by atoms with van der Waals surface area (Å²) in [5.41, 5.74) is -4.09. The van der Waals surface area contributed by atoms with E-state index in [1.54, 1.807) is 0 Å². The number of aliphatic hydroxyl groups excluding tert-OH is 1. The van der Waals surface area contributed by atoms with Gasteiger partial charge in [0.2, 0.25) is 0 Å². The molecule has 0 fully saturated rings. The number of furan rings is 1. The molecule has 1 atom stereocenters. The van der Waals surface area contributed by atoms with Crippen molar-refractivity contribution in [3.63, 3.8) is 0 Å². The molecule has 0 aliphatic carbocycles. The number of aliphatic hydroxyl groups is 1. The van der Waals surface area contributed by atoms with E-state index < -0.39 is 25.1 Å². The van der Waals surface area contributed by atoms with Gasteiger partial charge >= 0.3 is 13.3 Å². The highest BCUT2D eigenvalue weighted by Crippen LogP contribution is 2.66. The zero-order chi connectivity index (χ0) is 13.8. The molecule has 0 aromatic carbocycles. The van der Waals surface area contributed by atoms with Crippen molar-refractivity contribution in [1.82, 2.24) is 0 Å². The van der Waals surface area contributed by atoms with Gasteiger partial charge in [-0.2, -0.15) is 8.78 Å². The van der Waals surface area contributed by atoms with Gasteiger partial charge in [0, 0.05) is 0 Å². The molecule has 1 unspecified atom stereocenters. The van der Waals surface area contributed by atoms with Crippen LogP contribution < -0.4 is 0 Å². The topological polar surface area (TPSA) is 68.9 Å². The predicted molar refractivity (Wildman–Crippen MR) is 59.5 cm³/mol. The fraction of sp³-hybridized carbons (Fsp3) is 0.600. The summed E-state index contributed by atoms with van der Waals surface area (Å²) in [4.78, 5) is 0. The molecule has 1 aromatic rings. The van der Waals surface area contributed by atoms with Gasteiger partial charge < -0.3 is 18.6 Å². The largest absolute Gasteiger partial charge is 0.466 e. The van der Waals surface area contributed by atoms with Crippen molar-refractivity contribution in [2.75, 3.05) is 13.2 Å². The maximum atomic E-state index is 14.0. The van der Waals surface area contributed by atoms with Crippen LogP contribution in [0.3, 0.4) is 0 Å². The van der Waals surface area contributed by atoms with E-state index in [0.29, 0.717) is 0 Å². The van der Waals surface area contributed by atoms with Gasteiger partial charge in [-0.3, -0.25) is 4.57 Å². The molecule has 5 nitrogen and oxygen atoms in total. The van der Waals surface area contributed by atoms with Crippen LogP contribution in [-0.2, 0) is 13.6 Å². The standard InChI is InChI=1S/C10H15F2O5P/c1-3-16-18(14,17-4-2)10(11,12)9(13)8-6-5-7-15-8/h5-7,9,13H,3-4H2,1-2H3. The van der Waals surface area contributed by atoms with Gasteiger partial charge in [0.15, 0.2) is 6.10 Å². The van der Waals surface area contributed by atoms with Gasteiger partial charge in [-0.1, -0.05) is 0 Å². The predicted octanol–water partition coefficient (Wildman–Crippen LogP) is 3.17. The molecule has 1 N–H and O–H groups in total. The van der Waals surface area contributed by atoms with Crippen LogP contribution in [0.15, 0.2) is 22.8 Å². The van der Waals surface area contributed by atoms with Gasteiger partial charge in [0.25, 0.3) is 0 Å². The molecule has 0 bridgehead atoms. The number of rotatable bonds is 7. The molecule has 0 aliphatic heterocycles. The first-order valence-corrected chi connectivity index (χ1v) is 6.91. The molecule has 0 aliphatic rings. The Bertz CT molecular complexity index is 396. The van der Waals surface area contributed by atoms with Crippen LogP contribution in [-0.4, -0.2) is 24.0 Å². The van der Waals surface area contributed by atoms with E-state index in [1.165, 1.54) is 19.9 Å². The van der Waals surface area contributed by atoms with Crippen LogP contribution in [0.1, 0.15) is 25.7 Å². The first kappa shape index (κ1) is 15.3. The Morgan fingerprint density at radius 2 is 2.00 bits per heavy atom. The second kappa shape index (κ2) is 5.93. The van der Waals surface area contributed by atoms with Crippen molar-refractivity contribution in [2.45, 2.75) is 25.6 Å². The van der Waals surface area contributed by atoms with Crippen LogP contribution in [0.5, 0.6) is 0 Å². The first-order chi connectivity index (χ1) is 8.39. The van der Waals surface area contributed by atoms with Crippen molar-refractivity contribution in [3.8, 4) is 0 Å². The lowest BCUT2D eigenvalue weighted by Crippen LogP contribution is -2.28. The minimum Gasteiger partial charge on any atom is -0.466 e. The zero-order valence-corrected chi connectivity index (χ0v) is 10.9. The Labute approximate surface area is 103 Å². The maximum Gasteiger partial charge on any atom is 0.402 e. The summed E-state index contributed by atoms with van der Waals surface area (Å²) in [6, 6.07) is 2.49. The summed E-state index contributed by atoms with van der Waals surface area (Å²) < 4.78 is 53.7. The third kappa shape index (κ3) is 2.80. The quantitative estimate of drug-likeness (QED) is 0.779. The van der Waals surface area contributed by atoms with E-state index in [0.717, 1.165) is 12.3 Å². The smallest absolute Gasteiger partial charge is 0.402 e. The van der Waals surface area contributed by atoms with E-state index in [2.05, 4.69) is 13.5 Å². The Hall–Kier alpha value is -0.750. The summed E-state index contributed by atoms with van der Waals surface area (Å²) in [5, 5.41) is 9.55. The second-order valence-electron chi connectivity index (χ2n) is 3.34. The monoisotopic (exact) mass is 284 g/mol. The Balaban J connectivity index is 3.04. The maximum absolute atomic E-state index is 14.0. The fourth-order valence-electron chi connectivity index (χ4n) is 1.32. The van der Waals surface area contributed by atoms with Crippen molar-refractivity contribution >= 4 is 7.60 Å². The Morgan fingerprint density at radius 3 is 2.39 bits per heavy atom. The van der Waals surface area contributed by atoms with Gasteiger partial charge in [-0.15, -0.1) is 0 Å². The Kier molecular flexibility index (Phi) is 5.04. The van der Waals surface area contributed by atoms with Crippen LogP contribution in [0.2, 0.25) is 0 Å². The molecule has 0 radical (unpaired) electrons. The first-order valence-electron chi connectivity index (χ1n) is 5.37. The minimum atomic E-state index is -4.76. The van der Waals surface area contributed by atoms with Crippen molar-refractivity contribution < 1.29 is 31.9 Å².